The molecule has 2 atom stereocenters. The molecule has 0 radical (unpaired) electrons. The SMILES string of the molecule is COC(=O)[C@H](CCCN/C(N)=N/[N+](=O)[O-])NC(=O)[C@@H](Cc1ccc(F)cc1)NC(=O)OC(C)(C)C. The highest BCUT2D eigenvalue weighted by atomic mass is 19.1. The Morgan fingerprint density at radius 2 is 1.80 bits per heavy atom. The van der Waals surface area contributed by atoms with Crippen molar-refractivity contribution >= 4 is 23.9 Å². The highest BCUT2D eigenvalue weighted by molar-refractivity contribution is 5.90. The summed E-state index contributed by atoms with van der Waals surface area (Å²) in [4.78, 5) is 47.8. The Morgan fingerprint density at radius 1 is 1.17 bits per heavy atom. The monoisotopic (exact) mass is 498 g/mol. The van der Waals surface area contributed by atoms with Gasteiger partial charge in [-0.05, 0) is 51.3 Å². The first-order valence-electron chi connectivity index (χ1n) is 10.6. The molecule has 0 spiro atoms. The minimum Gasteiger partial charge on any atom is -0.467 e. The molecule has 1 aromatic rings. The number of nitrogens with two attached hydrogens (primary N) is 1. The van der Waals surface area contributed by atoms with Crippen LogP contribution in [0.3, 0.4) is 0 Å². The minimum absolute atomic E-state index is 0.00527. The van der Waals surface area contributed by atoms with Gasteiger partial charge in [0.1, 0.15) is 28.6 Å². The topological polar surface area (TPSA) is 187 Å². The summed E-state index contributed by atoms with van der Waals surface area (Å²) in [6.07, 6.45) is -0.503. The molecular formula is C21H31FN6O7. The summed E-state index contributed by atoms with van der Waals surface area (Å²) in [7, 11) is 1.15. The summed E-state index contributed by atoms with van der Waals surface area (Å²) in [6, 6.07) is 3.13. The molecule has 2 amide bonds. The first-order chi connectivity index (χ1) is 16.3. The molecule has 35 heavy (non-hydrogen) atoms. The van der Waals surface area contributed by atoms with Crippen LogP contribution in [0.1, 0.15) is 39.2 Å². The normalized spacial score (nSPS) is 13.2. The van der Waals surface area contributed by atoms with Crippen molar-refractivity contribution in [3.8, 4) is 0 Å². The standard InChI is InChI=1S/C21H31FN6O7/c1-21(2,3)35-20(31)26-16(12-13-7-9-14(22)10-8-13)17(29)25-15(18(30)34-4)6-5-11-24-19(23)27-28(32)33/h7-10,15-16H,5-6,11-12H2,1-4H3,(H,25,29)(H,26,31)(H3,23,24,27)/t15-,16+/m0/s1. The van der Waals surface area contributed by atoms with Crippen molar-refractivity contribution in [3.63, 3.8) is 0 Å². The summed E-state index contributed by atoms with van der Waals surface area (Å²) in [5, 5.41) is 19.7. The van der Waals surface area contributed by atoms with Gasteiger partial charge >= 0.3 is 12.1 Å². The van der Waals surface area contributed by atoms with E-state index in [1.54, 1.807) is 20.8 Å². The van der Waals surface area contributed by atoms with Gasteiger partial charge < -0.3 is 31.2 Å². The lowest BCUT2D eigenvalue weighted by Crippen LogP contribution is -2.53. The molecule has 0 fully saturated rings. The number of nitrogens with zero attached hydrogens (tertiary/aromatic N) is 2. The van der Waals surface area contributed by atoms with E-state index in [0.717, 1.165) is 7.11 Å². The number of nitro groups is 1. The molecule has 0 aliphatic heterocycles. The summed E-state index contributed by atoms with van der Waals surface area (Å²) in [5.74, 6) is -2.30. The average Bonchev–Trinajstić information content (AvgIpc) is 2.74. The highest BCUT2D eigenvalue weighted by Crippen LogP contribution is 2.10. The first kappa shape index (κ1) is 29.1. The van der Waals surface area contributed by atoms with Gasteiger partial charge in [-0.1, -0.05) is 12.1 Å². The van der Waals surface area contributed by atoms with Gasteiger partial charge in [0.25, 0.3) is 5.96 Å². The molecule has 1 rings (SSSR count). The van der Waals surface area contributed by atoms with Crippen molar-refractivity contribution in [2.24, 2.45) is 10.8 Å². The molecule has 0 saturated heterocycles. The van der Waals surface area contributed by atoms with Crippen molar-refractivity contribution < 1.29 is 33.3 Å². The molecule has 14 heteroatoms. The molecule has 0 saturated carbocycles. The Bertz CT molecular complexity index is 918. The fourth-order valence-electron chi connectivity index (χ4n) is 2.82. The van der Waals surface area contributed by atoms with E-state index in [0.29, 0.717) is 5.56 Å². The van der Waals surface area contributed by atoms with E-state index in [-0.39, 0.29) is 25.8 Å². The highest BCUT2D eigenvalue weighted by Gasteiger charge is 2.29. The van der Waals surface area contributed by atoms with Crippen molar-refractivity contribution in [3.05, 3.63) is 45.8 Å². The number of halogens is 1. The Hall–Kier alpha value is -3.97. The fraction of sp³-hybridized carbons (Fsp3) is 0.524. The zero-order valence-corrected chi connectivity index (χ0v) is 20.0. The van der Waals surface area contributed by atoms with Crippen molar-refractivity contribution in [2.45, 2.75) is 57.7 Å². The van der Waals surface area contributed by atoms with Crippen LogP contribution in [0.25, 0.3) is 0 Å². The second-order valence-corrected chi connectivity index (χ2v) is 8.41. The zero-order chi connectivity index (χ0) is 26.6. The summed E-state index contributed by atoms with van der Waals surface area (Å²) in [5.41, 5.74) is 5.07. The summed E-state index contributed by atoms with van der Waals surface area (Å²) in [6.45, 7) is 5.10. The maximum atomic E-state index is 13.3. The third-order valence-electron chi connectivity index (χ3n) is 4.33. The molecule has 1 aromatic carbocycles. The molecule has 0 aromatic heterocycles. The van der Waals surface area contributed by atoms with Crippen LogP contribution < -0.4 is 21.7 Å². The largest absolute Gasteiger partial charge is 0.467 e. The van der Waals surface area contributed by atoms with Gasteiger partial charge in [0.05, 0.1) is 7.11 Å². The Morgan fingerprint density at radius 3 is 2.34 bits per heavy atom. The number of hydrogen-bond acceptors (Lipinski definition) is 7. The lowest BCUT2D eigenvalue weighted by molar-refractivity contribution is -0.485. The average molecular weight is 499 g/mol. The van der Waals surface area contributed by atoms with Crippen LogP contribution in [-0.4, -0.2) is 60.3 Å². The summed E-state index contributed by atoms with van der Waals surface area (Å²) < 4.78 is 23.2. The molecule has 0 aliphatic rings. The third-order valence-corrected chi connectivity index (χ3v) is 4.33. The van der Waals surface area contributed by atoms with Gasteiger partial charge in [0, 0.05) is 13.0 Å². The number of esters is 1. The van der Waals surface area contributed by atoms with Gasteiger partial charge in [-0.25, -0.2) is 24.1 Å². The van der Waals surface area contributed by atoms with Gasteiger partial charge in [0.15, 0.2) is 5.03 Å². The number of methoxy groups -OCH3 is 1. The van der Waals surface area contributed by atoms with Gasteiger partial charge in [-0.3, -0.25) is 4.79 Å². The number of nitrogens with one attached hydrogen (secondary N) is 3. The van der Waals surface area contributed by atoms with Crippen molar-refractivity contribution in [2.75, 3.05) is 13.7 Å². The first-order valence-corrected chi connectivity index (χ1v) is 10.6. The second-order valence-electron chi connectivity index (χ2n) is 8.41. The van der Waals surface area contributed by atoms with Crippen LogP contribution >= 0.6 is 0 Å². The Labute approximate surface area is 201 Å². The number of alkyl carbamates (subject to hydrolysis) is 1. The zero-order valence-electron chi connectivity index (χ0n) is 20.0. The van der Waals surface area contributed by atoms with Crippen molar-refractivity contribution in [1.82, 2.24) is 16.0 Å². The van der Waals surface area contributed by atoms with E-state index in [4.69, 9.17) is 15.2 Å². The molecular weight excluding hydrogens is 467 g/mol. The number of guanidine groups is 1. The van der Waals surface area contributed by atoms with Crippen LogP contribution in [0.5, 0.6) is 0 Å². The summed E-state index contributed by atoms with van der Waals surface area (Å²) >= 11 is 0. The number of hydrazone groups is 1. The van der Waals surface area contributed by atoms with Gasteiger partial charge in [0.2, 0.25) is 5.91 Å². The van der Waals surface area contributed by atoms with Gasteiger partial charge in [-0.2, -0.15) is 0 Å². The lowest BCUT2D eigenvalue weighted by atomic mass is 10.0. The molecule has 0 bridgehead atoms. The number of carbonyl (C=O) groups is 3. The number of hydrogen-bond donors (Lipinski definition) is 4. The maximum absolute atomic E-state index is 13.3. The van der Waals surface area contributed by atoms with Gasteiger partial charge in [-0.15, -0.1) is 0 Å². The predicted octanol–water partition coefficient (Wildman–Crippen LogP) is 0.796. The van der Waals surface area contributed by atoms with Crippen LogP contribution in [0, 0.1) is 15.9 Å². The molecule has 194 valence electrons. The van der Waals surface area contributed by atoms with E-state index in [1.165, 1.54) is 24.3 Å². The minimum atomic E-state index is -1.15. The second kappa shape index (κ2) is 13.7. The predicted molar refractivity (Wildman–Crippen MR) is 123 cm³/mol. The number of carbonyl (C=O) groups excluding carboxylic acids is 3. The van der Waals surface area contributed by atoms with Crippen molar-refractivity contribution in [1.29, 1.82) is 0 Å². The van der Waals surface area contributed by atoms with E-state index >= 15 is 0 Å². The maximum Gasteiger partial charge on any atom is 0.408 e. The quantitative estimate of drug-likeness (QED) is 0.0854. The van der Waals surface area contributed by atoms with Crippen LogP contribution in [0.4, 0.5) is 9.18 Å². The smallest absolute Gasteiger partial charge is 0.408 e. The molecule has 0 aliphatic carbocycles. The number of rotatable bonds is 11. The molecule has 5 N–H and O–H groups in total. The van der Waals surface area contributed by atoms with Crippen LogP contribution in [0.15, 0.2) is 29.4 Å². The third kappa shape index (κ3) is 12.2. The Balaban J connectivity index is 2.91. The molecule has 13 nitrogen and oxygen atoms in total. The van der Waals surface area contributed by atoms with E-state index in [1.807, 2.05) is 0 Å². The van der Waals surface area contributed by atoms with Crippen LogP contribution in [0.2, 0.25) is 0 Å². The molecule has 0 unspecified atom stereocenters. The molecule has 0 heterocycles. The van der Waals surface area contributed by atoms with Crippen LogP contribution in [-0.2, 0) is 25.5 Å². The lowest BCUT2D eigenvalue weighted by Gasteiger charge is -2.25. The van der Waals surface area contributed by atoms with E-state index in [2.05, 4.69) is 21.1 Å². The van der Waals surface area contributed by atoms with E-state index in [9.17, 15) is 28.9 Å². The van der Waals surface area contributed by atoms with E-state index < -0.39 is 52.5 Å². The number of amides is 2. The fourth-order valence-corrected chi connectivity index (χ4v) is 2.82. The number of ether oxygens (including phenoxy) is 2. The Kier molecular flexibility index (Phi) is 11.3. The number of benzene rings is 1.